The van der Waals surface area contributed by atoms with Crippen LogP contribution >= 0.6 is 0 Å². The highest BCUT2D eigenvalue weighted by Crippen LogP contribution is 1.92. The van der Waals surface area contributed by atoms with E-state index >= 15 is 0 Å². The highest BCUT2D eigenvalue weighted by molar-refractivity contribution is 5.84. The maximum absolute atomic E-state index is 10.2. The molecule has 0 aromatic carbocycles. The number of nitrogens with one attached hydrogen (secondary N) is 2. The van der Waals surface area contributed by atoms with Gasteiger partial charge in [0.2, 0.25) is 0 Å². The fraction of sp³-hybridized carbons (Fsp3) is 0.500. The summed E-state index contributed by atoms with van der Waals surface area (Å²) in [6.07, 6.45) is 0.975. The number of hydrogen-bond donors (Lipinski definition) is 6. The summed E-state index contributed by atoms with van der Waals surface area (Å²) < 4.78 is 0. The van der Waals surface area contributed by atoms with Crippen molar-refractivity contribution in [1.29, 1.82) is 5.41 Å². The van der Waals surface area contributed by atoms with Crippen LogP contribution in [0.5, 0.6) is 0 Å². The molecule has 0 saturated carbocycles. The number of rotatable bonds is 6. The molecule has 8 heteroatoms. The summed E-state index contributed by atoms with van der Waals surface area (Å²) in [5.41, 5.74) is 10.4. The topological polar surface area (TPSA) is 163 Å². The molecule has 0 aliphatic rings. The SMILES string of the molecule is C=C(C)C(=O)O.N=C(N)NCCCC(N)C(=O)O. The molecule has 8 N–H and O–H groups in total. The first-order valence-corrected chi connectivity index (χ1v) is 5.13. The van der Waals surface area contributed by atoms with E-state index in [-0.39, 0.29) is 11.5 Å². The third-order valence-electron chi connectivity index (χ3n) is 1.69. The summed E-state index contributed by atoms with van der Waals surface area (Å²) in [6.45, 7) is 5.08. The minimum absolute atomic E-state index is 0.112. The fourth-order valence-electron chi connectivity index (χ4n) is 0.669. The van der Waals surface area contributed by atoms with Gasteiger partial charge in [0, 0.05) is 12.1 Å². The Balaban J connectivity index is 0. The van der Waals surface area contributed by atoms with Crippen LogP contribution < -0.4 is 16.8 Å². The van der Waals surface area contributed by atoms with E-state index in [0.29, 0.717) is 19.4 Å². The Morgan fingerprint density at radius 3 is 2.17 bits per heavy atom. The lowest BCUT2D eigenvalue weighted by molar-refractivity contribution is -0.138. The van der Waals surface area contributed by atoms with E-state index in [4.69, 9.17) is 27.1 Å². The molecule has 0 aliphatic carbocycles. The van der Waals surface area contributed by atoms with Crippen LogP contribution in [0.2, 0.25) is 0 Å². The lowest BCUT2D eigenvalue weighted by Gasteiger charge is -2.06. The molecule has 0 bridgehead atoms. The quantitative estimate of drug-likeness (QED) is 0.159. The molecular weight excluding hydrogens is 240 g/mol. The second-order valence-electron chi connectivity index (χ2n) is 3.51. The molecule has 0 amide bonds. The second-order valence-corrected chi connectivity index (χ2v) is 3.51. The van der Waals surface area contributed by atoms with Crippen molar-refractivity contribution >= 4 is 17.9 Å². The first kappa shape index (κ1) is 18.3. The highest BCUT2D eigenvalue weighted by atomic mass is 16.4. The summed E-state index contributed by atoms with van der Waals surface area (Å²) in [5.74, 6) is -2.05. The summed E-state index contributed by atoms with van der Waals surface area (Å²) in [6, 6.07) is -0.821. The van der Waals surface area contributed by atoms with Gasteiger partial charge in [0.1, 0.15) is 6.04 Å². The first-order valence-electron chi connectivity index (χ1n) is 5.13. The van der Waals surface area contributed by atoms with Crippen LogP contribution in [0.3, 0.4) is 0 Å². The minimum atomic E-state index is -1.00. The lowest BCUT2D eigenvalue weighted by Crippen LogP contribution is -2.34. The Hall–Kier alpha value is -2.09. The Bertz CT molecular complexity index is 305. The summed E-state index contributed by atoms with van der Waals surface area (Å²) in [4.78, 5) is 19.8. The van der Waals surface area contributed by atoms with Crippen molar-refractivity contribution in [2.75, 3.05) is 6.54 Å². The monoisotopic (exact) mass is 260 g/mol. The lowest BCUT2D eigenvalue weighted by atomic mass is 10.2. The zero-order valence-electron chi connectivity index (χ0n) is 10.3. The number of hydrogen-bond acceptors (Lipinski definition) is 4. The fourth-order valence-corrected chi connectivity index (χ4v) is 0.669. The number of carboxylic acids is 2. The molecular formula is C10H20N4O4. The largest absolute Gasteiger partial charge is 0.480 e. The molecule has 104 valence electrons. The Morgan fingerprint density at radius 1 is 1.44 bits per heavy atom. The molecule has 0 fully saturated rings. The van der Waals surface area contributed by atoms with Crippen molar-refractivity contribution in [2.45, 2.75) is 25.8 Å². The van der Waals surface area contributed by atoms with Crippen molar-refractivity contribution in [3.05, 3.63) is 12.2 Å². The standard InChI is InChI=1S/C6H14N4O2.C4H6O2/c7-4(5(11)12)2-1-3-10-6(8)9;1-3(2)4(5)6/h4H,1-3,7H2,(H,11,12)(H4,8,9,10);1H2,2H3,(H,5,6). The predicted octanol–water partition coefficient (Wildman–Crippen LogP) is -0.691. The maximum Gasteiger partial charge on any atom is 0.330 e. The van der Waals surface area contributed by atoms with Crippen LogP contribution in [0.4, 0.5) is 0 Å². The number of carboxylic acid groups (broad SMARTS) is 2. The van der Waals surface area contributed by atoms with Gasteiger partial charge in [-0.3, -0.25) is 10.2 Å². The molecule has 0 aliphatic heterocycles. The van der Waals surface area contributed by atoms with Gasteiger partial charge in [-0.2, -0.15) is 0 Å². The molecule has 0 rings (SSSR count). The Kier molecular flexibility index (Phi) is 10.2. The average Bonchev–Trinajstić information content (AvgIpc) is 2.24. The van der Waals surface area contributed by atoms with Gasteiger partial charge < -0.3 is 27.0 Å². The summed E-state index contributed by atoms with van der Waals surface area (Å²) in [7, 11) is 0. The first-order chi connectivity index (χ1) is 8.18. The molecule has 18 heavy (non-hydrogen) atoms. The van der Waals surface area contributed by atoms with E-state index in [0.717, 1.165) is 0 Å². The van der Waals surface area contributed by atoms with E-state index in [2.05, 4.69) is 11.9 Å². The maximum atomic E-state index is 10.2. The minimum Gasteiger partial charge on any atom is -0.480 e. The van der Waals surface area contributed by atoms with Crippen LogP contribution in [0.1, 0.15) is 19.8 Å². The van der Waals surface area contributed by atoms with Crippen molar-refractivity contribution in [2.24, 2.45) is 11.5 Å². The van der Waals surface area contributed by atoms with Gasteiger partial charge in [0.15, 0.2) is 5.96 Å². The number of nitrogens with two attached hydrogens (primary N) is 2. The number of guanidine groups is 1. The highest BCUT2D eigenvalue weighted by Gasteiger charge is 2.09. The van der Waals surface area contributed by atoms with Crippen LogP contribution in [0, 0.1) is 5.41 Å². The molecule has 1 atom stereocenters. The van der Waals surface area contributed by atoms with Crippen molar-refractivity contribution in [3.63, 3.8) is 0 Å². The van der Waals surface area contributed by atoms with Crippen LogP contribution in [0.25, 0.3) is 0 Å². The molecule has 1 unspecified atom stereocenters. The Morgan fingerprint density at radius 2 is 1.89 bits per heavy atom. The molecule has 8 nitrogen and oxygen atoms in total. The molecule has 0 heterocycles. The van der Waals surface area contributed by atoms with Crippen LogP contribution in [-0.4, -0.2) is 40.7 Å². The third-order valence-corrected chi connectivity index (χ3v) is 1.69. The van der Waals surface area contributed by atoms with Crippen LogP contribution in [-0.2, 0) is 9.59 Å². The van der Waals surface area contributed by atoms with Crippen molar-refractivity contribution in [3.8, 4) is 0 Å². The number of carbonyl (C=O) groups is 2. The smallest absolute Gasteiger partial charge is 0.330 e. The second kappa shape index (κ2) is 10.1. The molecule has 0 radical (unpaired) electrons. The van der Waals surface area contributed by atoms with Crippen LogP contribution in [0.15, 0.2) is 12.2 Å². The summed E-state index contributed by atoms with van der Waals surface area (Å²) >= 11 is 0. The number of aliphatic carboxylic acids is 2. The van der Waals surface area contributed by atoms with Crippen molar-refractivity contribution in [1.82, 2.24) is 5.32 Å². The van der Waals surface area contributed by atoms with E-state index in [9.17, 15) is 9.59 Å². The van der Waals surface area contributed by atoms with Gasteiger partial charge in [-0.15, -0.1) is 0 Å². The van der Waals surface area contributed by atoms with Gasteiger partial charge >= 0.3 is 11.9 Å². The van der Waals surface area contributed by atoms with Gasteiger partial charge in [0.25, 0.3) is 0 Å². The molecule has 0 spiro atoms. The van der Waals surface area contributed by atoms with Gasteiger partial charge in [-0.05, 0) is 19.8 Å². The predicted molar refractivity (Wildman–Crippen MR) is 67.2 cm³/mol. The average molecular weight is 260 g/mol. The van der Waals surface area contributed by atoms with E-state index < -0.39 is 18.0 Å². The van der Waals surface area contributed by atoms with E-state index in [1.165, 1.54) is 6.92 Å². The van der Waals surface area contributed by atoms with E-state index in [1.807, 2.05) is 0 Å². The normalized spacial score (nSPS) is 10.6. The van der Waals surface area contributed by atoms with E-state index in [1.54, 1.807) is 0 Å². The Labute approximate surface area is 105 Å². The zero-order chi connectivity index (χ0) is 14.7. The van der Waals surface area contributed by atoms with Crippen molar-refractivity contribution < 1.29 is 19.8 Å². The molecule has 0 aromatic rings. The molecule has 0 aromatic heterocycles. The third kappa shape index (κ3) is 13.9. The van der Waals surface area contributed by atoms with Gasteiger partial charge in [0.05, 0.1) is 0 Å². The van der Waals surface area contributed by atoms with Gasteiger partial charge in [-0.1, -0.05) is 6.58 Å². The molecule has 0 saturated heterocycles. The summed E-state index contributed by atoms with van der Waals surface area (Å²) in [5, 5.41) is 25.6. The van der Waals surface area contributed by atoms with Gasteiger partial charge in [-0.25, -0.2) is 4.79 Å². The zero-order valence-corrected chi connectivity index (χ0v) is 10.3.